The summed E-state index contributed by atoms with van der Waals surface area (Å²) < 4.78 is 70.7. The number of halogens is 6. The maximum absolute atomic E-state index is 13.8. The monoisotopic (exact) mass is 427 g/mol. The highest BCUT2D eigenvalue weighted by Gasteiger charge is 2.31. The van der Waals surface area contributed by atoms with Crippen molar-refractivity contribution in [2.24, 2.45) is 0 Å². The molecule has 1 N–H and O–H groups in total. The lowest BCUT2D eigenvalue weighted by atomic mass is 10.2. The molecule has 0 spiro atoms. The number of hydrogen-bond donors (Lipinski definition) is 1. The summed E-state index contributed by atoms with van der Waals surface area (Å²) in [5.41, 5.74) is -1.25. The first-order chi connectivity index (χ1) is 13.6. The van der Waals surface area contributed by atoms with Crippen molar-refractivity contribution in [1.29, 1.82) is 0 Å². The van der Waals surface area contributed by atoms with E-state index in [2.05, 4.69) is 5.32 Å². The van der Waals surface area contributed by atoms with Crippen LogP contribution in [0, 0.1) is 11.6 Å². The van der Waals surface area contributed by atoms with Crippen molar-refractivity contribution < 1.29 is 31.5 Å². The molecular formula is C20H11ClF5NO2. The molecule has 9 heteroatoms. The van der Waals surface area contributed by atoms with Crippen LogP contribution in [0.4, 0.5) is 27.6 Å². The van der Waals surface area contributed by atoms with E-state index >= 15 is 0 Å². The number of anilines is 1. The first-order valence-electron chi connectivity index (χ1n) is 8.04. The largest absolute Gasteiger partial charge is 0.457 e. The van der Waals surface area contributed by atoms with Gasteiger partial charge in [-0.05, 0) is 48.5 Å². The number of carbonyl (C=O) groups is 1. The van der Waals surface area contributed by atoms with Gasteiger partial charge < -0.3 is 10.1 Å². The Morgan fingerprint density at radius 2 is 1.62 bits per heavy atom. The van der Waals surface area contributed by atoms with Crippen LogP contribution in [-0.2, 0) is 6.18 Å². The molecule has 0 radical (unpaired) electrons. The van der Waals surface area contributed by atoms with Gasteiger partial charge in [-0.2, -0.15) is 13.2 Å². The molecule has 0 aromatic heterocycles. The van der Waals surface area contributed by atoms with Crippen molar-refractivity contribution in [1.82, 2.24) is 0 Å². The molecule has 0 unspecified atom stereocenters. The van der Waals surface area contributed by atoms with E-state index in [0.29, 0.717) is 12.1 Å². The van der Waals surface area contributed by atoms with Gasteiger partial charge in [0.15, 0.2) is 0 Å². The highest BCUT2D eigenvalue weighted by atomic mass is 35.5. The molecule has 0 heterocycles. The zero-order chi connectivity index (χ0) is 21.2. The summed E-state index contributed by atoms with van der Waals surface area (Å²) in [5, 5.41) is 2.38. The second-order valence-corrected chi connectivity index (χ2v) is 6.26. The fourth-order valence-electron chi connectivity index (χ4n) is 2.44. The maximum atomic E-state index is 13.8. The molecule has 0 aliphatic carbocycles. The van der Waals surface area contributed by atoms with E-state index in [1.54, 1.807) is 0 Å². The van der Waals surface area contributed by atoms with Crippen LogP contribution in [0.3, 0.4) is 0 Å². The van der Waals surface area contributed by atoms with Crippen LogP contribution in [0.15, 0.2) is 60.7 Å². The Labute approximate surface area is 166 Å². The average molecular weight is 428 g/mol. The minimum Gasteiger partial charge on any atom is -0.457 e. The number of amides is 1. The number of nitrogens with one attached hydrogen (secondary N) is 1. The Bertz CT molecular complexity index is 1030. The molecule has 0 aliphatic rings. The lowest BCUT2D eigenvalue weighted by Gasteiger charge is -2.11. The standard InChI is InChI=1S/C20H11ClF5NO2/c21-16-2-1-3-17(23)18(16)19(28)27-13-4-6-14(7-5-13)29-15-9-11(20(24,25)26)8-12(22)10-15/h1-10H,(H,27,28). The van der Waals surface area contributed by atoms with E-state index in [1.807, 2.05) is 0 Å². The molecule has 0 saturated heterocycles. The van der Waals surface area contributed by atoms with Crippen molar-refractivity contribution in [3.8, 4) is 11.5 Å². The van der Waals surface area contributed by atoms with Crippen LogP contribution in [0.2, 0.25) is 5.02 Å². The average Bonchev–Trinajstić information content (AvgIpc) is 2.62. The lowest BCUT2D eigenvalue weighted by Crippen LogP contribution is -2.14. The number of carbonyl (C=O) groups excluding carboxylic acids is 1. The predicted molar refractivity (Wildman–Crippen MR) is 97.3 cm³/mol. The molecule has 0 bridgehead atoms. The van der Waals surface area contributed by atoms with Crippen LogP contribution in [-0.4, -0.2) is 5.91 Å². The van der Waals surface area contributed by atoms with E-state index in [-0.39, 0.29) is 27.8 Å². The van der Waals surface area contributed by atoms with E-state index in [9.17, 15) is 26.7 Å². The molecule has 3 rings (SSSR count). The summed E-state index contributed by atoms with van der Waals surface area (Å²) in [4.78, 5) is 12.2. The normalized spacial score (nSPS) is 11.2. The first kappa shape index (κ1) is 20.6. The number of hydrogen-bond acceptors (Lipinski definition) is 2. The van der Waals surface area contributed by atoms with E-state index in [1.165, 1.54) is 36.4 Å². The zero-order valence-electron chi connectivity index (χ0n) is 14.4. The fraction of sp³-hybridized carbons (Fsp3) is 0.0500. The number of rotatable bonds is 4. The van der Waals surface area contributed by atoms with Crippen LogP contribution < -0.4 is 10.1 Å². The van der Waals surface area contributed by atoms with Crippen LogP contribution in [0.5, 0.6) is 11.5 Å². The Kier molecular flexibility index (Phi) is 5.74. The molecule has 3 nitrogen and oxygen atoms in total. The third-order valence-electron chi connectivity index (χ3n) is 3.74. The van der Waals surface area contributed by atoms with Gasteiger partial charge in [0.1, 0.15) is 23.1 Å². The summed E-state index contributed by atoms with van der Waals surface area (Å²) in [5.74, 6) is -2.90. The Morgan fingerprint density at radius 1 is 0.931 bits per heavy atom. The Morgan fingerprint density at radius 3 is 2.24 bits per heavy atom. The van der Waals surface area contributed by atoms with Gasteiger partial charge in [-0.1, -0.05) is 17.7 Å². The summed E-state index contributed by atoms with van der Waals surface area (Å²) >= 11 is 5.83. The Hall–Kier alpha value is -3.13. The molecule has 0 atom stereocenters. The van der Waals surface area contributed by atoms with Crippen molar-refractivity contribution in [2.75, 3.05) is 5.32 Å². The van der Waals surface area contributed by atoms with Crippen LogP contribution in [0.25, 0.3) is 0 Å². The summed E-state index contributed by atoms with van der Waals surface area (Å²) in [6.07, 6.45) is -4.72. The molecule has 0 saturated carbocycles. The second kappa shape index (κ2) is 8.08. The van der Waals surface area contributed by atoms with Gasteiger partial charge >= 0.3 is 6.18 Å². The topological polar surface area (TPSA) is 38.3 Å². The van der Waals surface area contributed by atoms with E-state index in [0.717, 1.165) is 12.1 Å². The third kappa shape index (κ3) is 5.03. The highest BCUT2D eigenvalue weighted by Crippen LogP contribution is 2.34. The summed E-state index contributed by atoms with van der Waals surface area (Å²) in [7, 11) is 0. The highest BCUT2D eigenvalue weighted by molar-refractivity contribution is 6.34. The lowest BCUT2D eigenvalue weighted by molar-refractivity contribution is -0.137. The number of ether oxygens (including phenoxy) is 1. The van der Waals surface area contributed by atoms with Gasteiger partial charge in [0.05, 0.1) is 16.1 Å². The Balaban J connectivity index is 1.74. The van der Waals surface area contributed by atoms with Crippen molar-refractivity contribution >= 4 is 23.2 Å². The van der Waals surface area contributed by atoms with Gasteiger partial charge in [0.2, 0.25) is 0 Å². The van der Waals surface area contributed by atoms with E-state index in [4.69, 9.17) is 16.3 Å². The fourth-order valence-corrected chi connectivity index (χ4v) is 2.68. The molecule has 0 fully saturated rings. The second-order valence-electron chi connectivity index (χ2n) is 5.85. The van der Waals surface area contributed by atoms with Gasteiger partial charge in [0.25, 0.3) is 5.91 Å². The van der Waals surface area contributed by atoms with Gasteiger partial charge in [-0.15, -0.1) is 0 Å². The van der Waals surface area contributed by atoms with Crippen molar-refractivity contribution in [2.45, 2.75) is 6.18 Å². The van der Waals surface area contributed by atoms with Gasteiger partial charge in [-0.3, -0.25) is 4.79 Å². The molecule has 3 aromatic rings. The van der Waals surface area contributed by atoms with Crippen molar-refractivity contribution in [3.05, 3.63) is 88.4 Å². The molecule has 150 valence electrons. The van der Waals surface area contributed by atoms with Crippen LogP contribution >= 0.6 is 11.6 Å². The third-order valence-corrected chi connectivity index (χ3v) is 4.05. The summed E-state index contributed by atoms with van der Waals surface area (Å²) in [6.45, 7) is 0. The number of benzene rings is 3. The smallest absolute Gasteiger partial charge is 0.416 e. The van der Waals surface area contributed by atoms with E-state index < -0.39 is 29.3 Å². The van der Waals surface area contributed by atoms with Gasteiger partial charge in [0, 0.05) is 11.8 Å². The SMILES string of the molecule is O=C(Nc1ccc(Oc2cc(F)cc(C(F)(F)F)c2)cc1)c1c(F)cccc1Cl. The summed E-state index contributed by atoms with van der Waals surface area (Å²) in [6, 6.07) is 11.1. The zero-order valence-corrected chi connectivity index (χ0v) is 15.1. The molecule has 1 amide bonds. The first-order valence-corrected chi connectivity index (χ1v) is 8.42. The number of alkyl halides is 3. The molecule has 3 aromatic carbocycles. The van der Waals surface area contributed by atoms with Gasteiger partial charge in [-0.25, -0.2) is 8.78 Å². The van der Waals surface area contributed by atoms with Crippen LogP contribution in [0.1, 0.15) is 15.9 Å². The minimum absolute atomic E-state index is 0.0611. The molecule has 0 aliphatic heterocycles. The predicted octanol–water partition coefficient (Wildman–Crippen LogP) is 6.68. The quantitative estimate of drug-likeness (QED) is 0.471. The minimum atomic E-state index is -4.72. The van der Waals surface area contributed by atoms with Crippen molar-refractivity contribution in [3.63, 3.8) is 0 Å². The molecule has 29 heavy (non-hydrogen) atoms. The maximum Gasteiger partial charge on any atom is 0.416 e. The molecular weight excluding hydrogens is 417 g/mol.